The topological polar surface area (TPSA) is 97.3 Å². The van der Waals surface area contributed by atoms with Crippen LogP contribution in [0.3, 0.4) is 0 Å². The molecule has 0 fully saturated rings. The third-order valence-corrected chi connectivity index (χ3v) is 3.06. The number of carbonyl (C=O) groups excluding carboxylic acids is 1. The highest BCUT2D eigenvalue weighted by atomic mass is 16.2. The van der Waals surface area contributed by atoms with Crippen LogP contribution in [0.1, 0.15) is 18.9 Å². The monoisotopic (exact) mass is 314 g/mol. The van der Waals surface area contributed by atoms with Gasteiger partial charge in [0.1, 0.15) is 6.54 Å². The molecule has 2 aromatic rings. The number of amides is 1. The zero-order valence-corrected chi connectivity index (χ0v) is 13.2. The van der Waals surface area contributed by atoms with Crippen LogP contribution in [0.4, 0.5) is 5.69 Å². The molecule has 122 valence electrons. The summed E-state index contributed by atoms with van der Waals surface area (Å²) in [7, 11) is 0. The molecule has 7 heteroatoms. The summed E-state index contributed by atoms with van der Waals surface area (Å²) in [6.07, 6.45) is 4.38. The minimum absolute atomic E-state index is 0.126. The Morgan fingerprint density at radius 2 is 2.26 bits per heavy atom. The zero-order valence-electron chi connectivity index (χ0n) is 13.2. The lowest BCUT2D eigenvalue weighted by atomic mass is 10.2. The molecule has 23 heavy (non-hydrogen) atoms. The second-order valence-electron chi connectivity index (χ2n) is 5.08. The van der Waals surface area contributed by atoms with Crippen LogP contribution in [-0.4, -0.2) is 28.2 Å². The average Bonchev–Trinajstić information content (AvgIpc) is 3.04. The Balaban J connectivity index is 1.90. The molecule has 0 saturated heterocycles. The summed E-state index contributed by atoms with van der Waals surface area (Å²) in [6, 6.07) is 9.33. The summed E-state index contributed by atoms with van der Waals surface area (Å²) in [6.45, 7) is 3.52. The molecule has 4 N–H and O–H groups in total. The third-order valence-electron chi connectivity index (χ3n) is 3.06. The second-order valence-corrected chi connectivity index (χ2v) is 5.08. The van der Waals surface area contributed by atoms with E-state index in [2.05, 4.69) is 27.6 Å². The molecule has 1 aromatic heterocycles. The molecule has 0 aliphatic heterocycles. The summed E-state index contributed by atoms with van der Waals surface area (Å²) < 4.78 is 1.57. The molecular weight excluding hydrogens is 292 g/mol. The van der Waals surface area contributed by atoms with Gasteiger partial charge in [-0.05, 0) is 30.2 Å². The number of benzene rings is 1. The molecule has 0 saturated carbocycles. The Morgan fingerprint density at radius 3 is 3.00 bits per heavy atom. The maximum Gasteiger partial charge on any atom is 0.246 e. The van der Waals surface area contributed by atoms with Gasteiger partial charge >= 0.3 is 0 Å². The normalized spacial score (nSPS) is 11.3. The minimum Gasteiger partial charge on any atom is -0.370 e. The minimum atomic E-state index is -0.126. The van der Waals surface area contributed by atoms with Crippen LogP contribution in [-0.2, 0) is 17.9 Å². The molecule has 1 aromatic carbocycles. The van der Waals surface area contributed by atoms with Crippen molar-refractivity contribution in [2.45, 2.75) is 26.4 Å². The van der Waals surface area contributed by atoms with Crippen molar-refractivity contribution < 1.29 is 4.79 Å². The van der Waals surface area contributed by atoms with Crippen LogP contribution in [0, 0.1) is 0 Å². The number of nitrogens with one attached hydrogen (secondary N) is 2. The highest BCUT2D eigenvalue weighted by Gasteiger charge is 2.04. The van der Waals surface area contributed by atoms with E-state index in [4.69, 9.17) is 5.73 Å². The fourth-order valence-electron chi connectivity index (χ4n) is 1.97. The quantitative estimate of drug-likeness (QED) is 0.530. The summed E-state index contributed by atoms with van der Waals surface area (Å²) in [4.78, 5) is 16.2. The van der Waals surface area contributed by atoms with Gasteiger partial charge in [0.05, 0.1) is 6.54 Å². The van der Waals surface area contributed by atoms with Crippen LogP contribution in [0.15, 0.2) is 47.7 Å². The van der Waals surface area contributed by atoms with Gasteiger partial charge in [-0.1, -0.05) is 19.1 Å². The predicted molar refractivity (Wildman–Crippen MR) is 90.9 cm³/mol. The number of rotatable bonds is 7. The van der Waals surface area contributed by atoms with Crippen LogP contribution >= 0.6 is 0 Å². The van der Waals surface area contributed by atoms with E-state index in [0.29, 0.717) is 12.5 Å². The first-order valence-corrected chi connectivity index (χ1v) is 7.57. The fourth-order valence-corrected chi connectivity index (χ4v) is 1.97. The summed E-state index contributed by atoms with van der Waals surface area (Å²) >= 11 is 0. The largest absolute Gasteiger partial charge is 0.370 e. The Labute approximate surface area is 135 Å². The van der Waals surface area contributed by atoms with Gasteiger partial charge in [-0.3, -0.25) is 9.48 Å². The number of aliphatic imine (C=N–C) groups is 1. The van der Waals surface area contributed by atoms with E-state index in [-0.39, 0.29) is 12.5 Å². The predicted octanol–water partition coefficient (Wildman–Crippen LogP) is 1.34. The molecule has 2 rings (SSSR count). The van der Waals surface area contributed by atoms with Crippen molar-refractivity contribution in [3.63, 3.8) is 0 Å². The van der Waals surface area contributed by atoms with Gasteiger partial charge in [-0.15, -0.1) is 0 Å². The van der Waals surface area contributed by atoms with E-state index in [1.54, 1.807) is 23.1 Å². The standard InChI is InChI=1S/C16H22N6O/c1-2-7-18-16(17)19-11-13-5-3-6-14(10-13)21-15(23)12-22-9-4-8-20-22/h3-6,8-10H,2,7,11-12H2,1H3,(H,21,23)(H3,17,18,19). The van der Waals surface area contributed by atoms with Gasteiger partial charge in [0.2, 0.25) is 5.91 Å². The third kappa shape index (κ3) is 5.82. The molecule has 1 heterocycles. The molecule has 0 atom stereocenters. The van der Waals surface area contributed by atoms with Gasteiger partial charge in [0.25, 0.3) is 0 Å². The number of nitrogens with zero attached hydrogens (tertiary/aromatic N) is 3. The second kappa shape index (κ2) is 8.57. The van der Waals surface area contributed by atoms with Crippen molar-refractivity contribution in [2.24, 2.45) is 10.7 Å². The van der Waals surface area contributed by atoms with Gasteiger partial charge < -0.3 is 16.4 Å². The van der Waals surface area contributed by atoms with Crippen molar-refractivity contribution in [2.75, 3.05) is 11.9 Å². The van der Waals surface area contributed by atoms with Crippen molar-refractivity contribution in [3.8, 4) is 0 Å². The van der Waals surface area contributed by atoms with Crippen LogP contribution < -0.4 is 16.4 Å². The highest BCUT2D eigenvalue weighted by molar-refractivity contribution is 5.90. The molecule has 0 spiro atoms. The number of guanidine groups is 1. The van der Waals surface area contributed by atoms with E-state index in [1.807, 2.05) is 24.3 Å². The number of nitrogens with two attached hydrogens (primary N) is 1. The Kier molecular flexibility index (Phi) is 6.17. The summed E-state index contributed by atoms with van der Waals surface area (Å²) in [5, 5.41) is 9.88. The smallest absolute Gasteiger partial charge is 0.246 e. The Morgan fingerprint density at radius 1 is 1.39 bits per heavy atom. The SMILES string of the molecule is CCCNC(N)=NCc1cccc(NC(=O)Cn2cccn2)c1. The summed E-state index contributed by atoms with van der Waals surface area (Å²) in [5.41, 5.74) is 7.47. The van der Waals surface area contributed by atoms with Crippen molar-refractivity contribution in [1.29, 1.82) is 0 Å². The van der Waals surface area contributed by atoms with Gasteiger partial charge in [-0.25, -0.2) is 4.99 Å². The average molecular weight is 314 g/mol. The molecule has 0 aliphatic carbocycles. The lowest BCUT2D eigenvalue weighted by molar-refractivity contribution is -0.116. The first-order valence-electron chi connectivity index (χ1n) is 7.57. The molecule has 1 amide bonds. The van der Waals surface area contributed by atoms with E-state index < -0.39 is 0 Å². The molecular formula is C16H22N6O. The van der Waals surface area contributed by atoms with Crippen molar-refractivity contribution in [3.05, 3.63) is 48.3 Å². The number of hydrogen-bond acceptors (Lipinski definition) is 3. The molecule has 0 unspecified atom stereocenters. The van der Waals surface area contributed by atoms with Crippen molar-refractivity contribution in [1.82, 2.24) is 15.1 Å². The van der Waals surface area contributed by atoms with Crippen LogP contribution in [0.5, 0.6) is 0 Å². The fraction of sp³-hybridized carbons (Fsp3) is 0.312. The molecule has 0 aliphatic rings. The number of anilines is 1. The Bertz CT molecular complexity index is 650. The van der Waals surface area contributed by atoms with E-state index in [0.717, 1.165) is 24.2 Å². The molecule has 0 radical (unpaired) electrons. The lowest BCUT2D eigenvalue weighted by Gasteiger charge is -2.07. The summed E-state index contributed by atoms with van der Waals surface area (Å²) in [5.74, 6) is 0.304. The van der Waals surface area contributed by atoms with Gasteiger partial charge in [-0.2, -0.15) is 5.10 Å². The maximum absolute atomic E-state index is 11.9. The molecule has 0 bridgehead atoms. The highest BCUT2D eigenvalue weighted by Crippen LogP contribution is 2.11. The van der Waals surface area contributed by atoms with Crippen LogP contribution in [0.2, 0.25) is 0 Å². The van der Waals surface area contributed by atoms with Crippen molar-refractivity contribution >= 4 is 17.6 Å². The van der Waals surface area contributed by atoms with E-state index in [9.17, 15) is 4.79 Å². The number of aromatic nitrogens is 2. The maximum atomic E-state index is 11.9. The van der Waals surface area contributed by atoms with Gasteiger partial charge in [0.15, 0.2) is 5.96 Å². The van der Waals surface area contributed by atoms with Gasteiger partial charge in [0, 0.05) is 24.6 Å². The number of carbonyl (C=O) groups is 1. The van der Waals surface area contributed by atoms with Crippen LogP contribution in [0.25, 0.3) is 0 Å². The first-order chi connectivity index (χ1) is 11.2. The Hall–Kier alpha value is -2.83. The van der Waals surface area contributed by atoms with E-state index in [1.165, 1.54) is 0 Å². The number of hydrogen-bond donors (Lipinski definition) is 3. The molecule has 7 nitrogen and oxygen atoms in total. The first kappa shape index (κ1) is 16.5. The zero-order chi connectivity index (χ0) is 16.5. The lowest BCUT2D eigenvalue weighted by Crippen LogP contribution is -2.32. The van der Waals surface area contributed by atoms with E-state index >= 15 is 0 Å².